The summed E-state index contributed by atoms with van der Waals surface area (Å²) in [5.41, 5.74) is -4.11. The van der Waals surface area contributed by atoms with Gasteiger partial charge in [-0.25, -0.2) is 0 Å². The minimum absolute atomic E-state index is 0.0697. The highest BCUT2D eigenvalue weighted by Gasteiger charge is 2.64. The normalized spacial score (nSPS) is 17.6. The fourth-order valence-electron chi connectivity index (χ4n) is 5.18. The fourth-order valence-corrected chi connectivity index (χ4v) is 5.18. The first kappa shape index (κ1) is 28.9. The lowest BCUT2D eigenvalue weighted by Gasteiger charge is -2.46. The molecule has 0 bridgehead atoms. The summed E-state index contributed by atoms with van der Waals surface area (Å²) in [6.45, 7) is 1.52. The third kappa shape index (κ3) is 5.31. The van der Waals surface area contributed by atoms with E-state index in [1.54, 1.807) is 19.1 Å². The highest BCUT2D eigenvalue weighted by atomic mass is 19.4. The van der Waals surface area contributed by atoms with Gasteiger partial charge in [-0.15, -0.1) is 0 Å². The monoisotopic (exact) mass is 533 g/mol. The average molecular weight is 534 g/mol. The van der Waals surface area contributed by atoms with E-state index >= 15 is 0 Å². The predicted octanol–water partition coefficient (Wildman–Crippen LogP) is 4.36. The molecule has 1 unspecified atom stereocenters. The first-order valence-electron chi connectivity index (χ1n) is 12.1. The van der Waals surface area contributed by atoms with Crippen LogP contribution in [0.3, 0.4) is 0 Å². The Kier molecular flexibility index (Phi) is 8.99. The number of hydrogen-bond acceptors (Lipinski definition) is 7. The molecule has 1 aromatic carbocycles. The molecule has 2 aromatic rings. The second kappa shape index (κ2) is 11.8. The van der Waals surface area contributed by atoms with Crippen molar-refractivity contribution in [3.05, 3.63) is 59.9 Å². The van der Waals surface area contributed by atoms with Gasteiger partial charge in [-0.3, -0.25) is 14.6 Å². The van der Waals surface area contributed by atoms with E-state index < -0.39 is 35.0 Å². The van der Waals surface area contributed by atoms with Crippen LogP contribution >= 0.6 is 0 Å². The standard InChI is InChI=1S/C27H30F3N3O5/c1-4-38-23(34)16-25(21(17-31)20-18-32-13-10-22(20)36-2)11-14-33(15-12-25)24(35)26(37-3,27(28,29)30)19-8-6-5-7-9-19/h5-10,13,18,21H,4,11-12,14-16H2,1-3H3/t21?,26-/m1/s1. The van der Waals surface area contributed by atoms with Gasteiger partial charge in [0.2, 0.25) is 0 Å². The number of aromatic nitrogens is 1. The molecular formula is C27H30F3N3O5. The molecule has 204 valence electrons. The Morgan fingerprint density at radius 2 is 1.82 bits per heavy atom. The van der Waals surface area contributed by atoms with Gasteiger partial charge in [-0.05, 0) is 25.8 Å². The lowest BCUT2D eigenvalue weighted by Crippen LogP contribution is -2.59. The average Bonchev–Trinajstić information content (AvgIpc) is 2.90. The van der Waals surface area contributed by atoms with Crippen LogP contribution in [0, 0.1) is 16.7 Å². The maximum absolute atomic E-state index is 14.5. The zero-order valence-electron chi connectivity index (χ0n) is 21.5. The van der Waals surface area contributed by atoms with E-state index in [2.05, 4.69) is 11.1 Å². The molecule has 0 radical (unpaired) electrons. The van der Waals surface area contributed by atoms with Gasteiger partial charge in [-0.2, -0.15) is 18.4 Å². The lowest BCUT2D eigenvalue weighted by molar-refractivity contribution is -0.271. The van der Waals surface area contributed by atoms with Crippen LogP contribution < -0.4 is 4.74 Å². The van der Waals surface area contributed by atoms with Crippen LogP contribution in [0.1, 0.15) is 43.2 Å². The zero-order chi connectivity index (χ0) is 28.0. The Balaban J connectivity index is 1.99. The number of amides is 1. The molecule has 1 aromatic heterocycles. The molecule has 1 amide bonds. The zero-order valence-corrected chi connectivity index (χ0v) is 21.5. The van der Waals surface area contributed by atoms with Gasteiger partial charge in [0.05, 0.1) is 32.1 Å². The molecular weight excluding hydrogens is 503 g/mol. The summed E-state index contributed by atoms with van der Waals surface area (Å²) < 4.78 is 58.9. The number of methoxy groups -OCH3 is 2. The van der Waals surface area contributed by atoms with E-state index in [0.717, 1.165) is 12.0 Å². The van der Waals surface area contributed by atoms with Crippen molar-refractivity contribution in [3.63, 3.8) is 0 Å². The third-order valence-electron chi connectivity index (χ3n) is 7.12. The summed E-state index contributed by atoms with van der Waals surface area (Å²) in [4.78, 5) is 31.4. The maximum atomic E-state index is 14.5. The number of rotatable bonds is 9. The van der Waals surface area contributed by atoms with Gasteiger partial charge >= 0.3 is 12.1 Å². The Labute approximate surface area is 219 Å². The van der Waals surface area contributed by atoms with Crippen molar-refractivity contribution in [1.82, 2.24) is 9.88 Å². The summed E-state index contributed by atoms with van der Waals surface area (Å²) in [5.74, 6) is -2.29. The van der Waals surface area contributed by atoms with Crippen LogP contribution in [-0.2, 0) is 24.7 Å². The second-order valence-electron chi connectivity index (χ2n) is 9.07. The Bertz CT molecular complexity index is 1160. The number of piperidine rings is 1. The number of pyridine rings is 1. The number of likely N-dealkylation sites (tertiary alicyclic amines) is 1. The van der Waals surface area contributed by atoms with Gasteiger partial charge in [-0.1, -0.05) is 30.3 Å². The first-order valence-corrected chi connectivity index (χ1v) is 12.1. The molecule has 0 aliphatic carbocycles. The van der Waals surface area contributed by atoms with Crippen LogP contribution in [0.4, 0.5) is 13.2 Å². The molecule has 8 nitrogen and oxygen atoms in total. The first-order chi connectivity index (χ1) is 18.1. The van der Waals surface area contributed by atoms with Crippen molar-refractivity contribution in [1.29, 1.82) is 5.26 Å². The highest BCUT2D eigenvalue weighted by molar-refractivity contribution is 5.88. The number of alkyl halides is 3. The van der Waals surface area contributed by atoms with Crippen molar-refractivity contribution < 1.29 is 37.0 Å². The van der Waals surface area contributed by atoms with Gasteiger partial charge in [0, 0.05) is 49.1 Å². The smallest absolute Gasteiger partial charge is 0.430 e. The number of halogens is 3. The van der Waals surface area contributed by atoms with Crippen LogP contribution in [0.2, 0.25) is 0 Å². The SMILES string of the molecule is CCOC(=O)CC1(C(C#N)c2cnccc2OC)CCN(C(=O)[C@](OC)(c2ccccc2)C(F)(F)F)CC1. The van der Waals surface area contributed by atoms with Crippen molar-refractivity contribution in [2.45, 2.75) is 43.9 Å². The molecule has 3 rings (SSSR count). The van der Waals surface area contributed by atoms with Crippen LogP contribution in [0.15, 0.2) is 48.8 Å². The van der Waals surface area contributed by atoms with E-state index in [1.807, 2.05) is 0 Å². The summed E-state index contributed by atoms with van der Waals surface area (Å²) >= 11 is 0. The van der Waals surface area contributed by atoms with Gasteiger partial charge in [0.15, 0.2) is 0 Å². The number of hydrogen-bond donors (Lipinski definition) is 0. The molecule has 11 heteroatoms. The van der Waals surface area contributed by atoms with Gasteiger partial charge in [0.1, 0.15) is 5.75 Å². The second-order valence-corrected chi connectivity index (χ2v) is 9.07. The molecule has 1 aliphatic rings. The predicted molar refractivity (Wildman–Crippen MR) is 130 cm³/mol. The summed E-state index contributed by atoms with van der Waals surface area (Å²) in [6.07, 6.45) is -2.09. The molecule has 2 atom stereocenters. The number of carbonyl (C=O) groups excluding carboxylic acids is 2. The molecule has 0 saturated carbocycles. The molecule has 1 aliphatic heterocycles. The number of carbonyl (C=O) groups is 2. The van der Waals surface area contributed by atoms with Crippen molar-refractivity contribution in [2.24, 2.45) is 5.41 Å². The molecule has 38 heavy (non-hydrogen) atoms. The molecule has 1 saturated heterocycles. The summed E-state index contributed by atoms with van der Waals surface area (Å²) in [5, 5.41) is 10.2. The number of nitriles is 1. The number of benzene rings is 1. The Hall–Kier alpha value is -3.65. The molecule has 0 N–H and O–H groups in total. The maximum Gasteiger partial charge on any atom is 0.430 e. The lowest BCUT2D eigenvalue weighted by atomic mass is 9.64. The molecule has 0 spiro atoms. The highest BCUT2D eigenvalue weighted by Crippen LogP contribution is 2.50. The van der Waals surface area contributed by atoms with Gasteiger partial charge in [0.25, 0.3) is 11.5 Å². The van der Waals surface area contributed by atoms with Gasteiger partial charge < -0.3 is 19.1 Å². The van der Waals surface area contributed by atoms with Crippen molar-refractivity contribution in [2.75, 3.05) is 33.9 Å². The summed E-state index contributed by atoms with van der Waals surface area (Å²) in [6, 6.07) is 10.6. The number of ether oxygens (including phenoxy) is 3. The minimum atomic E-state index is -5.04. The Morgan fingerprint density at radius 3 is 2.34 bits per heavy atom. The third-order valence-corrected chi connectivity index (χ3v) is 7.12. The van der Waals surface area contributed by atoms with E-state index in [9.17, 15) is 28.0 Å². The number of nitrogens with zero attached hydrogens (tertiary/aromatic N) is 3. The van der Waals surface area contributed by atoms with E-state index in [-0.39, 0.29) is 44.5 Å². The van der Waals surface area contributed by atoms with Crippen LogP contribution in [-0.4, -0.2) is 61.9 Å². The topological polar surface area (TPSA) is 102 Å². The van der Waals surface area contributed by atoms with Crippen molar-refractivity contribution >= 4 is 11.9 Å². The minimum Gasteiger partial charge on any atom is -0.496 e. The molecule has 1 fully saturated rings. The van der Waals surface area contributed by atoms with Crippen molar-refractivity contribution in [3.8, 4) is 11.8 Å². The van der Waals surface area contributed by atoms with Crippen LogP contribution in [0.5, 0.6) is 5.75 Å². The summed E-state index contributed by atoms with van der Waals surface area (Å²) in [7, 11) is 2.30. The fraction of sp³-hybridized carbons (Fsp3) is 0.481. The van der Waals surface area contributed by atoms with E-state index in [0.29, 0.717) is 11.3 Å². The Morgan fingerprint density at radius 1 is 1.16 bits per heavy atom. The van der Waals surface area contributed by atoms with E-state index in [1.165, 1.54) is 43.8 Å². The van der Waals surface area contributed by atoms with Crippen LogP contribution in [0.25, 0.3) is 0 Å². The van der Waals surface area contributed by atoms with E-state index in [4.69, 9.17) is 14.2 Å². The quantitative estimate of drug-likeness (QED) is 0.442. The largest absolute Gasteiger partial charge is 0.496 e. The molecule has 2 heterocycles. The number of esters is 1.